The molecule has 6 heteroatoms. The Bertz CT molecular complexity index is 533. The molecule has 19 heavy (non-hydrogen) atoms. The molecule has 0 aromatic carbocycles. The van der Waals surface area contributed by atoms with E-state index in [0.717, 1.165) is 25.1 Å². The largest absolute Gasteiger partial charge is 0.337 e. The van der Waals surface area contributed by atoms with Crippen molar-refractivity contribution in [1.29, 1.82) is 0 Å². The quantitative estimate of drug-likeness (QED) is 0.883. The fourth-order valence-corrected chi connectivity index (χ4v) is 2.75. The zero-order valence-corrected chi connectivity index (χ0v) is 12.0. The Morgan fingerprint density at radius 1 is 1.53 bits per heavy atom. The Morgan fingerprint density at radius 2 is 2.37 bits per heavy atom. The van der Waals surface area contributed by atoms with E-state index in [-0.39, 0.29) is 5.91 Å². The van der Waals surface area contributed by atoms with Gasteiger partial charge in [0.1, 0.15) is 0 Å². The molecule has 1 amide bonds. The summed E-state index contributed by atoms with van der Waals surface area (Å²) in [6.45, 7) is 4.91. The number of imidazole rings is 1. The lowest BCUT2D eigenvalue weighted by atomic mass is 10.3. The predicted molar refractivity (Wildman–Crippen MR) is 76.3 cm³/mol. The number of thiazole rings is 1. The monoisotopic (exact) mass is 278 g/mol. The van der Waals surface area contributed by atoms with Crippen molar-refractivity contribution < 1.29 is 4.79 Å². The minimum absolute atomic E-state index is 0.0246. The lowest BCUT2D eigenvalue weighted by Gasteiger charge is -2.02. The van der Waals surface area contributed by atoms with Crippen molar-refractivity contribution in [2.45, 2.75) is 39.7 Å². The summed E-state index contributed by atoms with van der Waals surface area (Å²) in [6.07, 6.45) is 7.60. The number of amides is 1. The zero-order chi connectivity index (χ0) is 13.7. The van der Waals surface area contributed by atoms with Crippen LogP contribution in [0.5, 0.6) is 0 Å². The van der Waals surface area contributed by atoms with Crippen molar-refractivity contribution in [2.24, 2.45) is 0 Å². The van der Waals surface area contributed by atoms with Gasteiger partial charge < -0.3 is 9.88 Å². The van der Waals surface area contributed by atoms with E-state index >= 15 is 0 Å². The van der Waals surface area contributed by atoms with E-state index < -0.39 is 0 Å². The molecule has 2 heterocycles. The average molecular weight is 278 g/mol. The first-order valence-electron chi connectivity index (χ1n) is 6.41. The molecule has 5 nitrogen and oxygen atoms in total. The van der Waals surface area contributed by atoms with Gasteiger partial charge >= 0.3 is 0 Å². The van der Waals surface area contributed by atoms with E-state index in [1.54, 1.807) is 23.9 Å². The first-order chi connectivity index (χ1) is 9.19. The molecule has 0 spiro atoms. The fourth-order valence-electron chi connectivity index (χ4n) is 1.83. The summed E-state index contributed by atoms with van der Waals surface area (Å²) in [4.78, 5) is 21.3. The topological polar surface area (TPSA) is 59.8 Å². The molecule has 0 unspecified atom stereocenters. The van der Waals surface area contributed by atoms with Gasteiger partial charge in [-0.25, -0.2) is 9.97 Å². The summed E-state index contributed by atoms with van der Waals surface area (Å²) < 4.78 is 1.97. The van der Waals surface area contributed by atoms with Crippen molar-refractivity contribution in [2.75, 3.05) is 5.32 Å². The van der Waals surface area contributed by atoms with Crippen LogP contribution in [0.15, 0.2) is 18.7 Å². The van der Waals surface area contributed by atoms with Crippen LogP contribution in [0.1, 0.15) is 30.3 Å². The van der Waals surface area contributed by atoms with Crippen LogP contribution in [0.4, 0.5) is 5.13 Å². The van der Waals surface area contributed by atoms with Gasteiger partial charge in [0.05, 0.1) is 12.0 Å². The molecule has 0 fully saturated rings. The number of hydrogen-bond donors (Lipinski definition) is 1. The Morgan fingerprint density at radius 3 is 3.00 bits per heavy atom. The Hall–Kier alpha value is -1.69. The fraction of sp³-hybridized carbons (Fsp3) is 0.462. The highest BCUT2D eigenvalue weighted by atomic mass is 32.1. The van der Waals surface area contributed by atoms with Crippen LogP contribution in [0.25, 0.3) is 0 Å². The van der Waals surface area contributed by atoms with Gasteiger partial charge in [-0.1, -0.05) is 6.92 Å². The van der Waals surface area contributed by atoms with Crippen molar-refractivity contribution in [1.82, 2.24) is 14.5 Å². The van der Waals surface area contributed by atoms with Crippen LogP contribution in [-0.4, -0.2) is 20.4 Å². The molecule has 2 rings (SSSR count). The maximum Gasteiger partial charge on any atom is 0.226 e. The molecule has 2 aromatic heterocycles. The van der Waals surface area contributed by atoms with Gasteiger partial charge in [-0.05, 0) is 19.8 Å². The summed E-state index contributed by atoms with van der Waals surface area (Å²) >= 11 is 1.54. The molecule has 1 N–H and O–H groups in total. The molecule has 0 bridgehead atoms. The molecule has 0 aliphatic carbocycles. The number of carbonyl (C=O) groups excluding carboxylic acids is 1. The highest BCUT2D eigenvalue weighted by Gasteiger charge is 2.08. The number of anilines is 1. The molecule has 0 aliphatic heterocycles. The second-order valence-electron chi connectivity index (χ2n) is 4.33. The van der Waals surface area contributed by atoms with Crippen LogP contribution >= 0.6 is 11.3 Å². The third-order valence-electron chi connectivity index (χ3n) is 2.85. The van der Waals surface area contributed by atoms with Crippen LogP contribution < -0.4 is 5.32 Å². The summed E-state index contributed by atoms with van der Waals surface area (Å²) in [5, 5.41) is 3.57. The first kappa shape index (κ1) is 13.7. The highest BCUT2D eigenvalue weighted by Crippen LogP contribution is 2.22. The standard InChI is InChI=1S/C13H18N4OS/c1-3-11-10(2)19-13(15-11)16-12(18)5-4-7-17-8-6-14-9-17/h6,8-9H,3-5,7H2,1-2H3,(H,15,16,18). The Balaban J connectivity index is 1.77. The van der Waals surface area contributed by atoms with Gasteiger partial charge in [0.2, 0.25) is 5.91 Å². The van der Waals surface area contributed by atoms with Crippen LogP contribution in [0.2, 0.25) is 0 Å². The van der Waals surface area contributed by atoms with E-state index in [4.69, 9.17) is 0 Å². The lowest BCUT2D eigenvalue weighted by Crippen LogP contribution is -2.12. The molecule has 0 saturated carbocycles. The Kier molecular flexibility index (Phi) is 4.68. The van der Waals surface area contributed by atoms with E-state index in [0.29, 0.717) is 11.6 Å². The maximum absolute atomic E-state index is 11.8. The smallest absolute Gasteiger partial charge is 0.226 e. The summed E-state index contributed by atoms with van der Waals surface area (Å²) in [5.74, 6) is 0.0246. The summed E-state index contributed by atoms with van der Waals surface area (Å²) in [7, 11) is 0. The molecular formula is C13H18N4OS. The SMILES string of the molecule is CCc1nc(NC(=O)CCCn2ccnc2)sc1C. The minimum atomic E-state index is 0.0246. The van der Waals surface area contributed by atoms with Crippen LogP contribution in [0, 0.1) is 6.92 Å². The molecule has 2 aromatic rings. The lowest BCUT2D eigenvalue weighted by molar-refractivity contribution is -0.116. The van der Waals surface area contributed by atoms with Gasteiger partial charge in [0, 0.05) is 30.2 Å². The number of carbonyl (C=O) groups is 1. The summed E-state index contributed by atoms with van der Waals surface area (Å²) in [6, 6.07) is 0. The molecule has 102 valence electrons. The van der Waals surface area contributed by atoms with Crippen LogP contribution in [0.3, 0.4) is 0 Å². The van der Waals surface area contributed by atoms with Crippen molar-refractivity contribution >= 4 is 22.4 Å². The number of nitrogens with one attached hydrogen (secondary N) is 1. The highest BCUT2D eigenvalue weighted by molar-refractivity contribution is 7.15. The number of aryl methyl sites for hydroxylation is 3. The van der Waals surface area contributed by atoms with E-state index in [1.807, 2.05) is 17.7 Å². The molecule has 0 radical (unpaired) electrons. The minimum Gasteiger partial charge on any atom is -0.337 e. The van der Waals surface area contributed by atoms with E-state index in [9.17, 15) is 4.79 Å². The first-order valence-corrected chi connectivity index (χ1v) is 7.22. The third kappa shape index (κ3) is 3.89. The van der Waals surface area contributed by atoms with Gasteiger partial charge in [-0.15, -0.1) is 11.3 Å². The number of nitrogens with zero attached hydrogens (tertiary/aromatic N) is 3. The van der Waals surface area contributed by atoms with Crippen molar-refractivity contribution in [3.63, 3.8) is 0 Å². The second kappa shape index (κ2) is 6.47. The van der Waals surface area contributed by atoms with Gasteiger partial charge in [0.25, 0.3) is 0 Å². The van der Waals surface area contributed by atoms with Gasteiger partial charge in [0.15, 0.2) is 5.13 Å². The Labute approximate surface area is 116 Å². The average Bonchev–Trinajstić information content (AvgIpc) is 2.99. The van der Waals surface area contributed by atoms with E-state index in [2.05, 4.69) is 22.2 Å². The number of rotatable bonds is 6. The maximum atomic E-state index is 11.8. The van der Waals surface area contributed by atoms with Gasteiger partial charge in [-0.2, -0.15) is 0 Å². The van der Waals surface area contributed by atoms with Crippen molar-refractivity contribution in [3.8, 4) is 0 Å². The molecular weight excluding hydrogens is 260 g/mol. The van der Waals surface area contributed by atoms with E-state index in [1.165, 1.54) is 4.88 Å². The molecule has 0 saturated heterocycles. The van der Waals surface area contributed by atoms with Crippen LogP contribution in [-0.2, 0) is 17.8 Å². The summed E-state index contributed by atoms with van der Waals surface area (Å²) in [5.41, 5.74) is 1.07. The predicted octanol–water partition coefficient (Wildman–Crippen LogP) is 2.63. The zero-order valence-electron chi connectivity index (χ0n) is 11.2. The molecule has 0 aliphatic rings. The number of hydrogen-bond acceptors (Lipinski definition) is 4. The van der Waals surface area contributed by atoms with Gasteiger partial charge in [-0.3, -0.25) is 4.79 Å². The normalized spacial score (nSPS) is 10.6. The molecule has 0 atom stereocenters. The third-order valence-corrected chi connectivity index (χ3v) is 3.78. The second-order valence-corrected chi connectivity index (χ2v) is 5.53. The van der Waals surface area contributed by atoms with Crippen molar-refractivity contribution in [3.05, 3.63) is 29.3 Å². The number of aromatic nitrogens is 3.